The number of hydrogen-bond acceptors (Lipinski definition) is 6. The molecule has 8 heteroatoms. The molecule has 0 atom stereocenters. The summed E-state index contributed by atoms with van der Waals surface area (Å²) in [6, 6.07) is 19.9. The van der Waals surface area contributed by atoms with E-state index in [2.05, 4.69) is 31.6 Å². The Morgan fingerprint density at radius 1 is 0.929 bits per heavy atom. The molecule has 7 nitrogen and oxygen atoms in total. The van der Waals surface area contributed by atoms with E-state index in [-0.39, 0.29) is 0 Å². The predicted octanol–water partition coefficient (Wildman–Crippen LogP) is 5.14. The molecule has 1 amide bonds. The van der Waals surface area contributed by atoms with E-state index in [0.717, 1.165) is 4.47 Å². The largest absolute Gasteiger partial charge is 0.399 e. The molecule has 0 bridgehead atoms. The Morgan fingerprint density at radius 3 is 2.32 bits per heavy atom. The number of nitrogens with one attached hydrogen (secondary N) is 1. The van der Waals surface area contributed by atoms with Crippen molar-refractivity contribution in [2.75, 3.05) is 11.2 Å². The van der Waals surface area contributed by atoms with E-state index in [9.17, 15) is 9.59 Å². The Morgan fingerprint density at radius 2 is 1.64 bits per heavy atom. The Labute approximate surface area is 169 Å². The van der Waals surface area contributed by atoms with E-state index in [1.165, 1.54) is 6.07 Å². The van der Waals surface area contributed by atoms with Gasteiger partial charge in [-0.1, -0.05) is 22.0 Å². The molecular weight excluding hydrogens is 424 g/mol. The van der Waals surface area contributed by atoms with Crippen molar-refractivity contribution >= 4 is 44.9 Å². The van der Waals surface area contributed by atoms with Gasteiger partial charge in [-0.15, -0.1) is 10.2 Å². The van der Waals surface area contributed by atoms with Crippen molar-refractivity contribution in [2.24, 2.45) is 10.2 Å². The third-order valence-electron chi connectivity index (χ3n) is 3.60. The topological polar surface area (TPSA) is 106 Å². The van der Waals surface area contributed by atoms with Gasteiger partial charge in [-0.2, -0.15) is 0 Å². The summed E-state index contributed by atoms with van der Waals surface area (Å²) in [4.78, 5) is 29.0. The van der Waals surface area contributed by atoms with Gasteiger partial charge in [0.15, 0.2) is 0 Å². The smallest absolute Gasteiger partial charge is 0.362 e. The van der Waals surface area contributed by atoms with Gasteiger partial charge in [0.2, 0.25) is 0 Å². The summed E-state index contributed by atoms with van der Waals surface area (Å²) < 4.78 is 0.871. The maximum atomic E-state index is 12.0. The van der Waals surface area contributed by atoms with Gasteiger partial charge in [-0.3, -0.25) is 4.79 Å². The summed E-state index contributed by atoms with van der Waals surface area (Å²) >= 11 is 3.30. The van der Waals surface area contributed by atoms with Gasteiger partial charge in [0.25, 0.3) is 5.91 Å². The van der Waals surface area contributed by atoms with Crippen molar-refractivity contribution in [3.05, 3.63) is 88.4 Å². The number of halogens is 1. The minimum Gasteiger partial charge on any atom is -0.399 e. The number of nitrogens with zero attached hydrogens (tertiary/aromatic N) is 2. The van der Waals surface area contributed by atoms with Gasteiger partial charge < -0.3 is 10.6 Å². The summed E-state index contributed by atoms with van der Waals surface area (Å²) in [7, 11) is 0. The fraction of sp³-hybridized carbons (Fsp3) is 0. The maximum absolute atomic E-state index is 12.0. The number of rotatable bonds is 5. The fourth-order valence-electron chi connectivity index (χ4n) is 2.18. The lowest BCUT2D eigenvalue weighted by Crippen LogP contribution is -2.10. The standard InChI is InChI=1S/C20H15BrN4O3/c21-15-6-4-13(5-7-15)20(27)28-25-18-10-8-17(9-11-18)23-24-19(26)14-2-1-3-16(22)12-14/h1-12,25H,22H2. The summed E-state index contributed by atoms with van der Waals surface area (Å²) in [6.45, 7) is 0. The molecule has 3 rings (SSSR count). The van der Waals surface area contributed by atoms with Crippen molar-refractivity contribution in [1.82, 2.24) is 0 Å². The first kappa shape index (κ1) is 19.2. The number of carbonyl (C=O) groups excluding carboxylic acids is 2. The molecule has 3 aromatic carbocycles. The van der Waals surface area contributed by atoms with E-state index in [4.69, 9.17) is 10.6 Å². The lowest BCUT2D eigenvalue weighted by atomic mass is 10.2. The Balaban J connectivity index is 1.56. The van der Waals surface area contributed by atoms with Crippen molar-refractivity contribution in [1.29, 1.82) is 0 Å². The van der Waals surface area contributed by atoms with E-state index in [0.29, 0.717) is 28.2 Å². The molecule has 0 fully saturated rings. The molecule has 140 valence electrons. The van der Waals surface area contributed by atoms with Gasteiger partial charge in [-0.25, -0.2) is 10.3 Å². The number of hydrogen-bond donors (Lipinski definition) is 2. The minimum absolute atomic E-state index is 0.363. The Hall–Kier alpha value is -3.52. The Kier molecular flexibility index (Phi) is 6.13. The number of amides is 1. The van der Waals surface area contributed by atoms with Gasteiger partial charge >= 0.3 is 5.97 Å². The van der Waals surface area contributed by atoms with Crippen molar-refractivity contribution < 1.29 is 14.4 Å². The van der Waals surface area contributed by atoms with Crippen LogP contribution in [0, 0.1) is 0 Å². The average molecular weight is 439 g/mol. The SMILES string of the molecule is Nc1cccc(C(=O)N=Nc2ccc(NOC(=O)c3ccc(Br)cc3)cc2)c1. The van der Waals surface area contributed by atoms with Crippen LogP contribution in [0.25, 0.3) is 0 Å². The molecule has 3 N–H and O–H groups in total. The van der Waals surface area contributed by atoms with Crippen LogP contribution in [0.15, 0.2) is 87.5 Å². The predicted molar refractivity (Wildman–Crippen MR) is 109 cm³/mol. The van der Waals surface area contributed by atoms with Gasteiger partial charge in [0.05, 0.1) is 16.9 Å². The molecule has 3 aromatic rings. The highest BCUT2D eigenvalue weighted by molar-refractivity contribution is 9.10. The van der Waals surface area contributed by atoms with Crippen molar-refractivity contribution in [3.8, 4) is 0 Å². The quantitative estimate of drug-likeness (QED) is 0.325. The van der Waals surface area contributed by atoms with Crippen LogP contribution >= 0.6 is 15.9 Å². The van der Waals surface area contributed by atoms with E-state index >= 15 is 0 Å². The lowest BCUT2D eigenvalue weighted by molar-refractivity contribution is 0.0596. The number of carbonyl (C=O) groups is 2. The molecule has 0 spiro atoms. The van der Waals surface area contributed by atoms with Crippen LogP contribution in [0.1, 0.15) is 20.7 Å². The van der Waals surface area contributed by atoms with Crippen molar-refractivity contribution in [3.63, 3.8) is 0 Å². The summed E-state index contributed by atoms with van der Waals surface area (Å²) in [5.41, 5.74) is 10.5. The van der Waals surface area contributed by atoms with Gasteiger partial charge in [0.1, 0.15) is 0 Å². The van der Waals surface area contributed by atoms with Crippen molar-refractivity contribution in [2.45, 2.75) is 0 Å². The summed E-state index contributed by atoms with van der Waals surface area (Å²) in [5, 5.41) is 7.58. The first-order valence-corrected chi connectivity index (χ1v) is 8.95. The zero-order valence-electron chi connectivity index (χ0n) is 14.5. The second-order valence-corrected chi connectivity index (χ2v) is 6.59. The number of anilines is 2. The van der Waals surface area contributed by atoms with E-state index in [1.807, 2.05) is 0 Å². The molecule has 0 aliphatic rings. The average Bonchev–Trinajstić information content (AvgIpc) is 2.71. The van der Waals surface area contributed by atoms with Crippen LogP contribution in [-0.2, 0) is 4.84 Å². The third kappa shape index (κ3) is 5.24. The molecule has 0 unspecified atom stereocenters. The lowest BCUT2D eigenvalue weighted by Gasteiger charge is -2.07. The fourth-order valence-corrected chi connectivity index (χ4v) is 2.44. The molecule has 28 heavy (non-hydrogen) atoms. The molecule has 0 heterocycles. The van der Waals surface area contributed by atoms with E-state index < -0.39 is 11.9 Å². The maximum Gasteiger partial charge on any atom is 0.362 e. The van der Waals surface area contributed by atoms with E-state index in [1.54, 1.807) is 66.7 Å². The molecule has 0 aliphatic heterocycles. The first-order chi connectivity index (χ1) is 13.5. The highest BCUT2D eigenvalue weighted by Crippen LogP contribution is 2.18. The highest BCUT2D eigenvalue weighted by Gasteiger charge is 2.07. The summed E-state index contributed by atoms with van der Waals surface area (Å²) in [5.74, 6) is -0.998. The number of nitrogens with two attached hydrogens (primary N) is 1. The summed E-state index contributed by atoms with van der Waals surface area (Å²) in [6.07, 6.45) is 0. The van der Waals surface area contributed by atoms with Crippen LogP contribution in [0.4, 0.5) is 17.1 Å². The molecular formula is C20H15BrN4O3. The second kappa shape index (κ2) is 8.92. The molecule has 0 saturated carbocycles. The van der Waals surface area contributed by atoms with Crippen LogP contribution < -0.4 is 11.2 Å². The first-order valence-electron chi connectivity index (χ1n) is 8.16. The van der Waals surface area contributed by atoms with Crippen LogP contribution in [0.5, 0.6) is 0 Å². The van der Waals surface area contributed by atoms with Crippen LogP contribution in [0.3, 0.4) is 0 Å². The number of azo groups is 1. The monoisotopic (exact) mass is 438 g/mol. The second-order valence-electron chi connectivity index (χ2n) is 5.68. The van der Waals surface area contributed by atoms with Crippen LogP contribution in [0.2, 0.25) is 0 Å². The molecule has 0 aromatic heterocycles. The zero-order chi connectivity index (χ0) is 19.9. The van der Waals surface area contributed by atoms with Crippen LogP contribution in [-0.4, -0.2) is 11.9 Å². The minimum atomic E-state index is -0.510. The highest BCUT2D eigenvalue weighted by atomic mass is 79.9. The normalized spacial score (nSPS) is 10.6. The van der Waals surface area contributed by atoms with Gasteiger partial charge in [-0.05, 0) is 66.7 Å². The third-order valence-corrected chi connectivity index (χ3v) is 4.13. The zero-order valence-corrected chi connectivity index (χ0v) is 16.1. The molecule has 0 aliphatic carbocycles. The number of benzene rings is 3. The molecule has 0 saturated heterocycles. The molecule has 0 radical (unpaired) electrons. The Bertz CT molecular complexity index is 1020. The van der Waals surface area contributed by atoms with Gasteiger partial charge in [0, 0.05) is 15.7 Å². The number of nitrogen functional groups attached to an aromatic ring is 1.